The van der Waals surface area contributed by atoms with Crippen molar-refractivity contribution in [3.05, 3.63) is 52.7 Å². The lowest BCUT2D eigenvalue weighted by Crippen LogP contribution is -2.10. The number of hydrogen-bond donors (Lipinski definition) is 2. The quantitative estimate of drug-likeness (QED) is 0.651. The van der Waals surface area contributed by atoms with E-state index in [2.05, 4.69) is 30.3 Å². The number of para-hydroxylation sites is 1. The lowest BCUT2D eigenvalue weighted by Gasteiger charge is -2.14. The van der Waals surface area contributed by atoms with Crippen LogP contribution in [-0.4, -0.2) is 4.98 Å². The Morgan fingerprint density at radius 2 is 2.00 bits per heavy atom. The van der Waals surface area contributed by atoms with E-state index < -0.39 is 0 Å². The SMILES string of the molecule is CC(C)c1ccccc1OCc1nc(NN)ccc1Cl. The second-order valence-corrected chi connectivity index (χ2v) is 5.16. The first-order chi connectivity index (χ1) is 9.61. The van der Waals surface area contributed by atoms with Gasteiger partial charge in [-0.2, -0.15) is 0 Å². The molecule has 20 heavy (non-hydrogen) atoms. The Labute approximate surface area is 123 Å². The molecular formula is C15H18ClN3O. The van der Waals surface area contributed by atoms with Gasteiger partial charge in [0, 0.05) is 0 Å². The predicted octanol–water partition coefficient (Wildman–Crippen LogP) is 3.72. The fourth-order valence-electron chi connectivity index (χ4n) is 1.90. The standard InChI is InChI=1S/C15H18ClN3O/c1-10(2)11-5-3-4-6-14(11)20-9-13-12(16)7-8-15(18-13)19-17/h3-8,10H,9,17H2,1-2H3,(H,18,19). The Kier molecular flexibility index (Phi) is 4.82. The molecule has 0 fully saturated rings. The molecule has 1 aromatic heterocycles. The number of nitrogen functional groups attached to an aromatic ring is 1. The largest absolute Gasteiger partial charge is 0.487 e. The first-order valence-corrected chi connectivity index (χ1v) is 6.83. The molecule has 0 aliphatic carbocycles. The van der Waals surface area contributed by atoms with E-state index in [0.717, 1.165) is 11.3 Å². The molecule has 0 bridgehead atoms. The molecule has 0 aliphatic rings. The van der Waals surface area contributed by atoms with E-state index >= 15 is 0 Å². The molecule has 0 amide bonds. The highest BCUT2D eigenvalue weighted by Gasteiger charge is 2.09. The second-order valence-electron chi connectivity index (χ2n) is 4.75. The Hall–Kier alpha value is -1.78. The summed E-state index contributed by atoms with van der Waals surface area (Å²) in [6, 6.07) is 11.4. The number of rotatable bonds is 5. The third-order valence-corrected chi connectivity index (χ3v) is 3.32. The molecule has 0 radical (unpaired) electrons. The number of hydrogen-bond acceptors (Lipinski definition) is 4. The van der Waals surface area contributed by atoms with Crippen molar-refractivity contribution >= 4 is 17.4 Å². The number of nitrogens with one attached hydrogen (secondary N) is 1. The van der Waals surface area contributed by atoms with Gasteiger partial charge in [0.2, 0.25) is 0 Å². The fourth-order valence-corrected chi connectivity index (χ4v) is 2.06. The molecule has 5 heteroatoms. The zero-order valence-corrected chi connectivity index (χ0v) is 12.3. The van der Waals surface area contributed by atoms with Crippen molar-refractivity contribution in [2.45, 2.75) is 26.4 Å². The van der Waals surface area contributed by atoms with Gasteiger partial charge < -0.3 is 10.2 Å². The molecular weight excluding hydrogens is 274 g/mol. The van der Waals surface area contributed by atoms with E-state index in [1.807, 2.05) is 18.2 Å². The molecule has 1 heterocycles. The number of nitrogens with two attached hydrogens (primary N) is 1. The van der Waals surface area contributed by atoms with E-state index in [1.165, 1.54) is 0 Å². The van der Waals surface area contributed by atoms with Crippen molar-refractivity contribution in [1.29, 1.82) is 0 Å². The van der Waals surface area contributed by atoms with Gasteiger partial charge in [-0.3, -0.25) is 0 Å². The Balaban J connectivity index is 2.17. The number of halogens is 1. The molecule has 1 aromatic carbocycles. The third kappa shape index (κ3) is 3.40. The van der Waals surface area contributed by atoms with Crippen LogP contribution in [0.15, 0.2) is 36.4 Å². The number of ether oxygens (including phenoxy) is 1. The molecule has 0 aliphatic heterocycles. The van der Waals surface area contributed by atoms with Gasteiger partial charge in [-0.1, -0.05) is 43.6 Å². The van der Waals surface area contributed by atoms with Crippen molar-refractivity contribution in [2.75, 3.05) is 5.43 Å². The molecule has 0 spiro atoms. The zero-order valence-electron chi connectivity index (χ0n) is 11.6. The molecule has 2 rings (SSSR count). The molecule has 0 saturated heterocycles. The maximum absolute atomic E-state index is 6.11. The van der Waals surface area contributed by atoms with E-state index in [0.29, 0.717) is 29.1 Å². The minimum Gasteiger partial charge on any atom is -0.487 e. The van der Waals surface area contributed by atoms with E-state index in [1.54, 1.807) is 12.1 Å². The van der Waals surface area contributed by atoms with Gasteiger partial charge in [0.05, 0.1) is 10.7 Å². The van der Waals surface area contributed by atoms with E-state index in [4.69, 9.17) is 22.2 Å². The molecule has 0 saturated carbocycles. The summed E-state index contributed by atoms with van der Waals surface area (Å²) in [6.07, 6.45) is 0. The zero-order chi connectivity index (χ0) is 14.5. The van der Waals surface area contributed by atoms with Gasteiger partial charge in [-0.05, 0) is 29.7 Å². The van der Waals surface area contributed by atoms with Crippen molar-refractivity contribution in [1.82, 2.24) is 4.98 Å². The van der Waals surface area contributed by atoms with Crippen LogP contribution < -0.4 is 16.0 Å². The summed E-state index contributed by atoms with van der Waals surface area (Å²) in [7, 11) is 0. The summed E-state index contributed by atoms with van der Waals surface area (Å²) >= 11 is 6.11. The third-order valence-electron chi connectivity index (χ3n) is 2.97. The van der Waals surface area contributed by atoms with Crippen LogP contribution >= 0.6 is 11.6 Å². The van der Waals surface area contributed by atoms with Crippen LogP contribution in [0.25, 0.3) is 0 Å². The normalized spacial score (nSPS) is 10.7. The average molecular weight is 292 g/mol. The van der Waals surface area contributed by atoms with Crippen LogP contribution in [0.4, 0.5) is 5.82 Å². The highest BCUT2D eigenvalue weighted by atomic mass is 35.5. The van der Waals surface area contributed by atoms with Crippen LogP contribution in [0.1, 0.15) is 31.0 Å². The van der Waals surface area contributed by atoms with Gasteiger partial charge >= 0.3 is 0 Å². The van der Waals surface area contributed by atoms with Crippen molar-refractivity contribution < 1.29 is 4.74 Å². The molecule has 0 unspecified atom stereocenters. The van der Waals surface area contributed by atoms with Gasteiger partial charge in [0.25, 0.3) is 0 Å². The van der Waals surface area contributed by atoms with Crippen LogP contribution in [0.3, 0.4) is 0 Å². The number of hydrazine groups is 1. The minimum absolute atomic E-state index is 0.304. The number of anilines is 1. The molecule has 2 aromatic rings. The van der Waals surface area contributed by atoms with Crippen molar-refractivity contribution in [2.24, 2.45) is 5.84 Å². The highest BCUT2D eigenvalue weighted by Crippen LogP contribution is 2.27. The summed E-state index contributed by atoms with van der Waals surface area (Å²) in [5.41, 5.74) is 4.31. The van der Waals surface area contributed by atoms with Crippen LogP contribution in [-0.2, 0) is 6.61 Å². The van der Waals surface area contributed by atoms with Crippen LogP contribution in [0.5, 0.6) is 5.75 Å². The maximum Gasteiger partial charge on any atom is 0.140 e. The number of benzene rings is 1. The molecule has 106 valence electrons. The van der Waals surface area contributed by atoms with Crippen molar-refractivity contribution in [3.8, 4) is 5.75 Å². The second kappa shape index (κ2) is 6.59. The summed E-state index contributed by atoms with van der Waals surface area (Å²) in [4.78, 5) is 4.29. The topological polar surface area (TPSA) is 60.2 Å². The first-order valence-electron chi connectivity index (χ1n) is 6.45. The van der Waals surface area contributed by atoms with Gasteiger partial charge in [-0.15, -0.1) is 0 Å². The molecule has 0 atom stereocenters. The Bertz CT molecular complexity index is 587. The summed E-state index contributed by atoms with van der Waals surface area (Å²) in [5.74, 6) is 7.15. The predicted molar refractivity (Wildman–Crippen MR) is 81.9 cm³/mol. The lowest BCUT2D eigenvalue weighted by atomic mass is 10.0. The van der Waals surface area contributed by atoms with Crippen LogP contribution in [0.2, 0.25) is 5.02 Å². The van der Waals surface area contributed by atoms with Gasteiger partial charge in [0.1, 0.15) is 18.2 Å². The van der Waals surface area contributed by atoms with Gasteiger partial charge in [0.15, 0.2) is 0 Å². The average Bonchev–Trinajstić information content (AvgIpc) is 2.46. The monoisotopic (exact) mass is 291 g/mol. The summed E-state index contributed by atoms with van der Waals surface area (Å²) in [5, 5.41) is 0.561. The molecule has 4 nitrogen and oxygen atoms in total. The first kappa shape index (κ1) is 14.6. The molecule has 3 N–H and O–H groups in total. The van der Waals surface area contributed by atoms with Crippen LogP contribution in [0, 0.1) is 0 Å². The highest BCUT2D eigenvalue weighted by molar-refractivity contribution is 6.31. The number of nitrogens with zero attached hydrogens (tertiary/aromatic N) is 1. The number of aromatic nitrogens is 1. The maximum atomic E-state index is 6.11. The Morgan fingerprint density at radius 3 is 2.70 bits per heavy atom. The summed E-state index contributed by atoms with van der Waals surface area (Å²) < 4.78 is 5.85. The smallest absolute Gasteiger partial charge is 0.140 e. The fraction of sp³-hybridized carbons (Fsp3) is 0.267. The number of pyridine rings is 1. The van der Waals surface area contributed by atoms with E-state index in [-0.39, 0.29) is 0 Å². The Morgan fingerprint density at radius 1 is 1.25 bits per heavy atom. The lowest BCUT2D eigenvalue weighted by molar-refractivity contribution is 0.297. The van der Waals surface area contributed by atoms with Crippen molar-refractivity contribution in [3.63, 3.8) is 0 Å². The van der Waals surface area contributed by atoms with E-state index in [9.17, 15) is 0 Å². The van der Waals surface area contributed by atoms with Gasteiger partial charge in [-0.25, -0.2) is 10.8 Å². The summed E-state index contributed by atoms with van der Waals surface area (Å²) in [6.45, 7) is 4.57. The minimum atomic E-state index is 0.304.